The Kier molecular flexibility index (Phi) is 14.2. The molecule has 0 spiro atoms. The van der Waals surface area contributed by atoms with E-state index >= 15 is 0 Å². The van der Waals surface area contributed by atoms with Crippen LogP contribution in [0.25, 0.3) is 0 Å². The Morgan fingerprint density at radius 1 is 0.964 bits per heavy atom. The fourth-order valence-corrected chi connectivity index (χ4v) is 4.38. The van der Waals surface area contributed by atoms with Crippen molar-refractivity contribution >= 4 is 16.0 Å². The summed E-state index contributed by atoms with van der Waals surface area (Å²) in [7, 11) is -1.06. The highest BCUT2D eigenvalue weighted by Crippen LogP contribution is 2.17. The Balaban J connectivity index is 4.31. The second-order valence-corrected chi connectivity index (χ2v) is 10.0. The monoisotopic (exact) mass is 423 g/mol. The molecule has 8 heteroatoms. The van der Waals surface area contributed by atoms with Crippen molar-refractivity contribution in [2.45, 2.75) is 95.3 Å². The van der Waals surface area contributed by atoms with E-state index in [-0.39, 0.29) is 29.9 Å². The molecule has 0 aromatic carbocycles. The van der Waals surface area contributed by atoms with Crippen molar-refractivity contribution in [2.75, 3.05) is 27.2 Å². The predicted octanol–water partition coefficient (Wildman–Crippen LogP) is 2.87. The summed E-state index contributed by atoms with van der Waals surface area (Å²) < 4.78 is 32.4. The molecule has 0 heterocycles. The van der Waals surface area contributed by atoms with E-state index < -0.39 is 21.5 Å². The number of nitrogens with zero attached hydrogens (tertiary/aromatic N) is 1. The number of carbonyl (C=O) groups excluding carboxylic acids is 1. The SMILES string of the molecule is CCCCCCCCCCCC(=O)[N+](C)(C)CC(O)C(CCCN)S(=O)(=O)O. The van der Waals surface area contributed by atoms with Crippen LogP contribution in [0, 0.1) is 0 Å². The van der Waals surface area contributed by atoms with Crippen LogP contribution in [-0.2, 0) is 14.9 Å². The summed E-state index contributed by atoms with van der Waals surface area (Å²) in [6.45, 7) is 2.43. The van der Waals surface area contributed by atoms with E-state index in [0.29, 0.717) is 12.8 Å². The molecule has 0 radical (unpaired) electrons. The summed E-state index contributed by atoms with van der Waals surface area (Å²) in [5.41, 5.74) is 5.40. The highest BCUT2D eigenvalue weighted by atomic mass is 32.2. The largest absolute Gasteiger partial charge is 0.386 e. The number of unbranched alkanes of at least 4 members (excludes halogenated alkanes) is 8. The fourth-order valence-electron chi connectivity index (χ4n) is 3.44. The third-order valence-electron chi connectivity index (χ3n) is 5.32. The number of quaternary nitrogens is 1. The topological polar surface area (TPSA) is 118 Å². The molecule has 0 rings (SSSR count). The Morgan fingerprint density at radius 2 is 1.46 bits per heavy atom. The molecule has 28 heavy (non-hydrogen) atoms. The van der Waals surface area contributed by atoms with Gasteiger partial charge in [0.2, 0.25) is 0 Å². The van der Waals surface area contributed by atoms with Gasteiger partial charge in [-0.15, -0.1) is 0 Å². The molecular formula is C20H43N2O5S+. The van der Waals surface area contributed by atoms with E-state index in [1.54, 1.807) is 14.1 Å². The lowest BCUT2D eigenvalue weighted by Crippen LogP contribution is -2.53. The van der Waals surface area contributed by atoms with Gasteiger partial charge in [-0.2, -0.15) is 8.42 Å². The Morgan fingerprint density at radius 3 is 1.93 bits per heavy atom. The second kappa shape index (κ2) is 14.4. The Hall–Kier alpha value is -0.540. The lowest BCUT2D eigenvalue weighted by molar-refractivity contribution is -0.817. The average Bonchev–Trinajstić information content (AvgIpc) is 2.58. The number of aliphatic hydroxyl groups is 1. The minimum Gasteiger partial charge on any atom is -0.386 e. The maximum absolute atomic E-state index is 12.5. The molecule has 4 N–H and O–H groups in total. The van der Waals surface area contributed by atoms with Gasteiger partial charge in [0.25, 0.3) is 10.1 Å². The van der Waals surface area contributed by atoms with Gasteiger partial charge >= 0.3 is 5.91 Å². The maximum atomic E-state index is 12.5. The zero-order chi connectivity index (χ0) is 21.6. The molecule has 0 saturated heterocycles. The smallest absolute Gasteiger partial charge is 0.313 e. The number of hydrogen-bond donors (Lipinski definition) is 3. The maximum Gasteiger partial charge on any atom is 0.313 e. The van der Waals surface area contributed by atoms with Crippen LogP contribution in [0.5, 0.6) is 0 Å². The van der Waals surface area contributed by atoms with Gasteiger partial charge in [0.1, 0.15) is 17.9 Å². The van der Waals surface area contributed by atoms with Crippen LogP contribution >= 0.6 is 0 Å². The summed E-state index contributed by atoms with van der Waals surface area (Å²) in [5, 5.41) is 9.03. The minimum atomic E-state index is -4.40. The van der Waals surface area contributed by atoms with Crippen LogP contribution in [0.3, 0.4) is 0 Å². The first-order chi connectivity index (χ1) is 13.1. The van der Waals surface area contributed by atoms with Crippen molar-refractivity contribution in [3.63, 3.8) is 0 Å². The van der Waals surface area contributed by atoms with Crippen molar-refractivity contribution in [1.82, 2.24) is 0 Å². The molecular weight excluding hydrogens is 380 g/mol. The molecule has 0 aliphatic carbocycles. The number of nitrogens with two attached hydrogens (primary N) is 1. The van der Waals surface area contributed by atoms with E-state index in [9.17, 15) is 22.9 Å². The molecule has 0 aromatic heterocycles. The van der Waals surface area contributed by atoms with Gasteiger partial charge in [-0.25, -0.2) is 4.79 Å². The molecule has 0 fully saturated rings. The van der Waals surface area contributed by atoms with Gasteiger partial charge in [-0.3, -0.25) is 9.04 Å². The van der Waals surface area contributed by atoms with Gasteiger partial charge < -0.3 is 10.8 Å². The lowest BCUT2D eigenvalue weighted by Gasteiger charge is -2.31. The molecule has 2 atom stereocenters. The van der Waals surface area contributed by atoms with E-state index in [1.807, 2.05) is 0 Å². The molecule has 7 nitrogen and oxygen atoms in total. The van der Waals surface area contributed by atoms with Crippen molar-refractivity contribution in [1.29, 1.82) is 0 Å². The normalized spacial score (nSPS) is 14.8. The summed E-state index contributed by atoms with van der Waals surface area (Å²) in [4.78, 5) is 12.5. The average molecular weight is 424 g/mol. The second-order valence-electron chi connectivity index (χ2n) is 8.39. The highest BCUT2D eigenvalue weighted by molar-refractivity contribution is 7.86. The molecule has 1 amide bonds. The van der Waals surface area contributed by atoms with Crippen LogP contribution < -0.4 is 5.73 Å². The van der Waals surface area contributed by atoms with E-state index in [2.05, 4.69) is 6.92 Å². The third kappa shape index (κ3) is 12.1. The highest BCUT2D eigenvalue weighted by Gasteiger charge is 2.37. The molecule has 0 aliphatic heterocycles. The molecule has 0 aromatic rings. The van der Waals surface area contributed by atoms with Crippen LogP contribution in [0.4, 0.5) is 0 Å². The molecule has 0 aliphatic rings. The number of likely N-dealkylation sites (N-methyl/N-ethyl adjacent to an activating group) is 1. The zero-order valence-corrected chi connectivity index (χ0v) is 18.9. The molecule has 168 valence electrons. The van der Waals surface area contributed by atoms with Crippen molar-refractivity contribution in [3.05, 3.63) is 0 Å². The number of aliphatic hydroxyl groups excluding tert-OH is 1. The standard InChI is InChI=1S/C20H42N2O5S/c1-4-5-6-7-8-9-10-11-12-15-20(24)22(2,3)17-18(23)19(14-13-16-21)28(25,26)27/h18-19,23H,4-17,21H2,1-3H3/p+1. The number of amides is 1. The van der Waals surface area contributed by atoms with Crippen molar-refractivity contribution in [3.8, 4) is 0 Å². The molecule has 2 unspecified atom stereocenters. The van der Waals surface area contributed by atoms with Crippen molar-refractivity contribution in [2.24, 2.45) is 5.73 Å². The fraction of sp³-hybridized carbons (Fsp3) is 0.950. The first-order valence-corrected chi connectivity index (χ1v) is 12.3. The van der Waals surface area contributed by atoms with E-state index in [0.717, 1.165) is 19.3 Å². The van der Waals surface area contributed by atoms with Gasteiger partial charge in [0, 0.05) is 0 Å². The molecule has 0 saturated carbocycles. The van der Waals surface area contributed by atoms with Gasteiger partial charge in [-0.1, -0.05) is 58.3 Å². The van der Waals surface area contributed by atoms with Crippen LogP contribution in [-0.4, -0.2) is 67.0 Å². The number of rotatable bonds is 17. The molecule has 0 bridgehead atoms. The predicted molar refractivity (Wildman–Crippen MR) is 113 cm³/mol. The minimum absolute atomic E-state index is 0.0325. The number of hydrogen-bond acceptors (Lipinski definition) is 5. The number of carbonyl (C=O) groups is 1. The first-order valence-electron chi connectivity index (χ1n) is 10.8. The van der Waals surface area contributed by atoms with Gasteiger partial charge in [-0.05, 0) is 25.8 Å². The van der Waals surface area contributed by atoms with Gasteiger partial charge in [0.15, 0.2) is 0 Å². The quantitative estimate of drug-likeness (QED) is 0.188. The first kappa shape index (κ1) is 27.5. The van der Waals surface area contributed by atoms with Crippen LogP contribution in [0.15, 0.2) is 0 Å². The summed E-state index contributed by atoms with van der Waals surface area (Å²) in [6, 6.07) is 0. The summed E-state index contributed by atoms with van der Waals surface area (Å²) in [5.74, 6) is -0.0325. The van der Waals surface area contributed by atoms with E-state index in [4.69, 9.17) is 5.73 Å². The zero-order valence-electron chi connectivity index (χ0n) is 18.1. The van der Waals surface area contributed by atoms with Gasteiger partial charge in [0.05, 0.1) is 20.5 Å². The lowest BCUT2D eigenvalue weighted by atomic mass is 10.1. The van der Waals surface area contributed by atoms with E-state index in [1.165, 1.54) is 38.5 Å². The van der Waals surface area contributed by atoms with Crippen molar-refractivity contribution < 1.29 is 27.4 Å². The third-order valence-corrected chi connectivity index (χ3v) is 6.63. The Bertz CT molecular complexity index is 523. The van der Waals surface area contributed by atoms with Crippen LogP contribution in [0.1, 0.15) is 84.0 Å². The Labute approximate surface area is 172 Å². The van der Waals surface area contributed by atoms with Crippen LogP contribution in [0.2, 0.25) is 0 Å². The summed E-state index contributed by atoms with van der Waals surface area (Å²) >= 11 is 0. The summed E-state index contributed by atoms with van der Waals surface area (Å²) in [6.07, 6.45) is 10.1.